The smallest absolute Gasteiger partial charge is 0.356 e. The lowest BCUT2D eigenvalue weighted by Crippen LogP contribution is -2.56. The number of hydrazine groups is 1. The van der Waals surface area contributed by atoms with E-state index in [2.05, 4.69) is 48.5 Å². The van der Waals surface area contributed by atoms with Crippen LogP contribution in [-0.2, 0) is 16.1 Å². The minimum atomic E-state index is -4.57. The largest absolute Gasteiger partial charge is 0.411 e. The number of ether oxygens (including phenoxy) is 1. The molecule has 4 N–H and O–H groups in total. The van der Waals surface area contributed by atoms with Crippen molar-refractivity contribution in [3.05, 3.63) is 54.1 Å². The normalized spacial score (nSPS) is 20.7. The number of pyridine rings is 1. The second-order valence-corrected chi connectivity index (χ2v) is 10.4. The molecule has 15 heteroatoms. The molecule has 0 bridgehead atoms. The van der Waals surface area contributed by atoms with Gasteiger partial charge in [-0.1, -0.05) is 6.07 Å². The summed E-state index contributed by atoms with van der Waals surface area (Å²) < 4.78 is 46.4. The van der Waals surface area contributed by atoms with Crippen molar-refractivity contribution in [3.8, 4) is 5.82 Å². The number of rotatable bonds is 9. The molecule has 2 fully saturated rings. The monoisotopic (exact) mass is 574 g/mol. The van der Waals surface area contributed by atoms with Gasteiger partial charge in [-0.2, -0.15) is 23.3 Å². The first-order valence-electron chi connectivity index (χ1n) is 13.4. The molecule has 0 aliphatic carbocycles. The van der Waals surface area contributed by atoms with E-state index >= 15 is 0 Å². The minimum Gasteiger partial charge on any atom is -0.356 e. The molecule has 0 saturated carbocycles. The Labute approximate surface area is 235 Å². The highest BCUT2D eigenvalue weighted by atomic mass is 19.4. The van der Waals surface area contributed by atoms with Crippen LogP contribution >= 0.6 is 0 Å². The fourth-order valence-corrected chi connectivity index (χ4v) is 4.89. The van der Waals surface area contributed by atoms with Gasteiger partial charge in [0.15, 0.2) is 5.82 Å². The number of aromatic nitrogens is 5. The number of carbonyl (C=O) groups is 1. The molecule has 2 unspecified atom stereocenters. The van der Waals surface area contributed by atoms with Crippen LogP contribution in [0.1, 0.15) is 37.4 Å². The number of nitrogens with one attached hydrogen (secondary N) is 4. The fourth-order valence-electron chi connectivity index (χ4n) is 4.89. The van der Waals surface area contributed by atoms with Gasteiger partial charge in [-0.15, -0.1) is 0 Å². The van der Waals surface area contributed by atoms with Crippen LogP contribution in [0.4, 0.5) is 24.9 Å². The zero-order chi connectivity index (χ0) is 29.0. The maximum atomic E-state index is 13.3. The zero-order valence-corrected chi connectivity index (χ0v) is 22.8. The molecule has 0 radical (unpaired) electrons. The summed E-state index contributed by atoms with van der Waals surface area (Å²) in [4.78, 5) is 28.7. The van der Waals surface area contributed by atoms with Gasteiger partial charge in [-0.25, -0.2) is 20.1 Å². The second kappa shape index (κ2) is 12.0. The lowest BCUT2D eigenvalue weighted by molar-refractivity contribution is -0.209. The van der Waals surface area contributed by atoms with Gasteiger partial charge >= 0.3 is 6.18 Å². The molecule has 41 heavy (non-hydrogen) atoms. The maximum absolute atomic E-state index is 13.3. The first-order valence-corrected chi connectivity index (χ1v) is 13.4. The third-order valence-corrected chi connectivity index (χ3v) is 7.04. The molecule has 3 aromatic heterocycles. The van der Waals surface area contributed by atoms with Crippen molar-refractivity contribution in [2.75, 3.05) is 29.9 Å². The number of halogens is 3. The average molecular weight is 575 g/mol. The van der Waals surface area contributed by atoms with Crippen molar-refractivity contribution in [3.63, 3.8) is 0 Å². The number of hydrogen-bond acceptors (Lipinski definition) is 10. The molecule has 0 spiro atoms. The number of hydrogen-bond donors (Lipinski definition) is 4. The highest BCUT2D eigenvalue weighted by Gasteiger charge is 2.45. The summed E-state index contributed by atoms with van der Waals surface area (Å²) in [6, 6.07) is 7.43. The van der Waals surface area contributed by atoms with E-state index in [4.69, 9.17) is 4.74 Å². The number of alkyl halides is 3. The van der Waals surface area contributed by atoms with Crippen LogP contribution in [-0.4, -0.2) is 74.3 Å². The van der Waals surface area contributed by atoms with Gasteiger partial charge in [-0.05, 0) is 38.0 Å². The van der Waals surface area contributed by atoms with Crippen molar-refractivity contribution in [1.82, 2.24) is 40.9 Å². The Bertz CT molecular complexity index is 1310. The lowest BCUT2D eigenvalue weighted by Gasteiger charge is -2.40. The summed E-state index contributed by atoms with van der Waals surface area (Å²) in [5.41, 5.74) is 6.09. The highest BCUT2D eigenvalue weighted by molar-refractivity contribution is 5.85. The Morgan fingerprint density at radius 2 is 2.02 bits per heavy atom. The van der Waals surface area contributed by atoms with Crippen LogP contribution in [0.5, 0.6) is 0 Å². The van der Waals surface area contributed by atoms with Crippen molar-refractivity contribution in [2.24, 2.45) is 0 Å². The van der Waals surface area contributed by atoms with Gasteiger partial charge in [0.2, 0.25) is 5.95 Å². The number of anilines is 2. The Morgan fingerprint density at radius 3 is 2.66 bits per heavy atom. The van der Waals surface area contributed by atoms with E-state index in [0.717, 1.165) is 12.1 Å². The molecule has 220 valence electrons. The summed E-state index contributed by atoms with van der Waals surface area (Å²) in [6.07, 6.45) is 1.34. The molecule has 5 heterocycles. The lowest BCUT2D eigenvalue weighted by atomic mass is 9.90. The first-order chi connectivity index (χ1) is 19.6. The topological polar surface area (TPSA) is 134 Å². The second-order valence-electron chi connectivity index (χ2n) is 10.4. The average Bonchev–Trinajstić information content (AvgIpc) is 3.62. The molecule has 1 amide bonds. The third kappa shape index (κ3) is 7.28. The first kappa shape index (κ1) is 28.7. The molecule has 2 aliphatic heterocycles. The summed E-state index contributed by atoms with van der Waals surface area (Å²) in [5, 5.41) is 10.2. The Balaban J connectivity index is 1.24. The SMILES string of the molecule is Cc1cc(NC2CC(C)NN2)nc(N2CCC(OCC(F)(F)F)(C(=O)NCc3ccc(-n4cccn4)nc3)CC2)n1. The number of piperidine rings is 1. The van der Waals surface area contributed by atoms with Crippen LogP contribution < -0.4 is 26.4 Å². The Kier molecular flexibility index (Phi) is 8.37. The maximum Gasteiger partial charge on any atom is 0.411 e. The van der Waals surface area contributed by atoms with Crippen LogP contribution in [0, 0.1) is 6.92 Å². The summed E-state index contributed by atoms with van der Waals surface area (Å²) >= 11 is 0. The van der Waals surface area contributed by atoms with E-state index in [1.165, 1.54) is 0 Å². The molecule has 3 aromatic rings. The van der Waals surface area contributed by atoms with Gasteiger partial charge in [0.1, 0.15) is 18.0 Å². The van der Waals surface area contributed by atoms with E-state index in [-0.39, 0.29) is 38.6 Å². The van der Waals surface area contributed by atoms with Crippen molar-refractivity contribution in [1.29, 1.82) is 0 Å². The molecule has 12 nitrogen and oxygen atoms in total. The third-order valence-electron chi connectivity index (χ3n) is 7.04. The van der Waals surface area contributed by atoms with E-state index < -0.39 is 24.3 Å². The highest BCUT2D eigenvalue weighted by Crippen LogP contribution is 2.31. The molecule has 2 aliphatic rings. The number of carbonyl (C=O) groups excluding carboxylic acids is 1. The fraction of sp³-hybridized carbons (Fsp3) is 0.500. The van der Waals surface area contributed by atoms with Gasteiger partial charge < -0.3 is 20.3 Å². The van der Waals surface area contributed by atoms with Crippen molar-refractivity contribution >= 4 is 17.7 Å². The summed E-state index contributed by atoms with van der Waals surface area (Å²) in [7, 11) is 0. The van der Waals surface area contributed by atoms with Crippen molar-refractivity contribution < 1.29 is 22.7 Å². The van der Waals surface area contributed by atoms with E-state index in [1.807, 2.05) is 17.9 Å². The number of aryl methyl sites for hydroxylation is 1. The molecule has 5 rings (SSSR count). The van der Waals surface area contributed by atoms with E-state index in [0.29, 0.717) is 29.2 Å². The molecular formula is C26H33F3N10O2. The van der Waals surface area contributed by atoms with Gasteiger partial charge in [0.25, 0.3) is 5.91 Å². The molecule has 2 saturated heterocycles. The van der Waals surface area contributed by atoms with Gasteiger partial charge in [-0.3, -0.25) is 10.2 Å². The molecule has 0 aromatic carbocycles. The summed E-state index contributed by atoms with van der Waals surface area (Å²) in [5.74, 6) is 1.08. The number of nitrogens with zero attached hydrogens (tertiary/aromatic N) is 6. The quantitative estimate of drug-likeness (QED) is 0.302. The number of amides is 1. The summed E-state index contributed by atoms with van der Waals surface area (Å²) in [6.45, 7) is 2.98. The predicted molar refractivity (Wildman–Crippen MR) is 144 cm³/mol. The Morgan fingerprint density at radius 1 is 1.22 bits per heavy atom. The minimum absolute atomic E-state index is 0.00224. The molecular weight excluding hydrogens is 541 g/mol. The van der Waals surface area contributed by atoms with Crippen LogP contribution in [0.2, 0.25) is 0 Å². The van der Waals surface area contributed by atoms with E-state index in [9.17, 15) is 18.0 Å². The predicted octanol–water partition coefficient (Wildman–Crippen LogP) is 2.22. The zero-order valence-electron chi connectivity index (χ0n) is 22.8. The standard InChI is InChI=1S/C26H33F3N10O2/c1-17-12-20(34-21-13-18(2)36-37-21)35-24(33-17)38-10-6-25(7-11-38,41-16-26(27,28)29)23(40)31-15-19-4-5-22(30-14-19)39-9-3-8-32-39/h3-5,8-9,12,14,18,21,36-37H,6-7,10-11,13,15-16H2,1-2H3,(H,31,40)(H,33,34,35). The Hall–Kier alpha value is -3.82. The van der Waals surface area contributed by atoms with Gasteiger partial charge in [0, 0.05) is 68.9 Å². The van der Waals surface area contributed by atoms with Crippen molar-refractivity contribution in [2.45, 2.75) is 63.6 Å². The van der Waals surface area contributed by atoms with Gasteiger partial charge in [0.05, 0.1) is 6.17 Å². The van der Waals surface area contributed by atoms with Crippen LogP contribution in [0.3, 0.4) is 0 Å². The van der Waals surface area contributed by atoms with Crippen LogP contribution in [0.25, 0.3) is 5.82 Å². The molecule has 2 atom stereocenters. The van der Waals surface area contributed by atoms with E-state index in [1.54, 1.807) is 41.5 Å². The van der Waals surface area contributed by atoms with Crippen LogP contribution in [0.15, 0.2) is 42.9 Å².